The Morgan fingerprint density at radius 2 is 1.73 bits per heavy atom. The van der Waals surface area contributed by atoms with Crippen molar-refractivity contribution >= 4 is 18.0 Å². The van der Waals surface area contributed by atoms with Gasteiger partial charge in [0.2, 0.25) is 0 Å². The number of carbonyl (C=O) groups excluding carboxylic acids is 3. The summed E-state index contributed by atoms with van der Waals surface area (Å²) in [5.41, 5.74) is 0.287. The molecule has 22 heavy (non-hydrogen) atoms. The first-order chi connectivity index (χ1) is 10.3. The summed E-state index contributed by atoms with van der Waals surface area (Å²) in [6, 6.07) is 0. The third-order valence-corrected chi connectivity index (χ3v) is 2.29. The summed E-state index contributed by atoms with van der Waals surface area (Å²) >= 11 is 0. The number of esters is 2. The molecule has 0 atom stereocenters. The van der Waals surface area contributed by atoms with E-state index in [1.54, 1.807) is 0 Å². The lowest BCUT2D eigenvalue weighted by Crippen LogP contribution is -2.29. The second-order valence-corrected chi connectivity index (χ2v) is 4.75. The predicted octanol–water partition coefficient (Wildman–Crippen LogP) is 0.327. The van der Waals surface area contributed by atoms with Gasteiger partial charge in [-0.15, -0.1) is 0 Å². The third kappa shape index (κ3) is 11.7. The molecule has 1 N–H and O–H groups in total. The van der Waals surface area contributed by atoms with E-state index in [1.165, 1.54) is 6.92 Å². The molecule has 0 saturated carbocycles. The van der Waals surface area contributed by atoms with Crippen LogP contribution < -0.4 is 5.32 Å². The van der Waals surface area contributed by atoms with E-state index in [0.29, 0.717) is 13.2 Å². The largest absolute Gasteiger partial charge is 0.464 e. The summed E-state index contributed by atoms with van der Waals surface area (Å²) in [5.74, 6) is -0.944. The molecule has 0 aliphatic carbocycles. The van der Waals surface area contributed by atoms with Gasteiger partial charge in [0.1, 0.15) is 19.8 Å². The molecule has 0 aromatic carbocycles. The molecule has 0 aromatic rings. The van der Waals surface area contributed by atoms with Crippen LogP contribution in [0.5, 0.6) is 0 Å². The average Bonchev–Trinajstić information content (AvgIpc) is 2.42. The van der Waals surface area contributed by atoms with Gasteiger partial charge in [-0.2, -0.15) is 0 Å². The highest BCUT2D eigenvalue weighted by molar-refractivity contribution is 5.86. The van der Waals surface area contributed by atoms with E-state index < -0.39 is 18.0 Å². The van der Waals surface area contributed by atoms with Crippen molar-refractivity contribution in [2.45, 2.75) is 13.3 Å². The Hall–Kier alpha value is -2.09. The Labute approximate surface area is 130 Å². The summed E-state index contributed by atoms with van der Waals surface area (Å²) in [7, 11) is 3.74. The molecule has 8 nitrogen and oxygen atoms in total. The first-order valence-corrected chi connectivity index (χ1v) is 6.86. The Morgan fingerprint density at radius 1 is 1.05 bits per heavy atom. The summed E-state index contributed by atoms with van der Waals surface area (Å²) in [6.45, 7) is 5.95. The van der Waals surface area contributed by atoms with E-state index >= 15 is 0 Å². The summed E-state index contributed by atoms with van der Waals surface area (Å²) < 4.78 is 14.5. The Balaban J connectivity index is 3.55. The Morgan fingerprint density at radius 3 is 2.32 bits per heavy atom. The third-order valence-electron chi connectivity index (χ3n) is 2.29. The van der Waals surface area contributed by atoms with Crippen LogP contribution in [0.15, 0.2) is 12.2 Å². The molecule has 0 saturated heterocycles. The van der Waals surface area contributed by atoms with Crippen LogP contribution in [0.2, 0.25) is 0 Å². The molecule has 0 spiro atoms. The molecule has 8 heteroatoms. The fraction of sp³-hybridized carbons (Fsp3) is 0.643. The SMILES string of the molecule is C=C(C)C(=O)OCCNC(=O)OCCC(=O)OCCN(C)C. The van der Waals surface area contributed by atoms with Crippen molar-refractivity contribution in [2.75, 3.05) is 47.0 Å². The van der Waals surface area contributed by atoms with Gasteiger partial charge in [0.25, 0.3) is 0 Å². The fourth-order valence-corrected chi connectivity index (χ4v) is 1.11. The minimum Gasteiger partial charge on any atom is -0.464 e. The molecular formula is C14H24N2O6. The number of nitrogens with one attached hydrogen (secondary N) is 1. The van der Waals surface area contributed by atoms with E-state index in [0.717, 1.165) is 0 Å². The number of amides is 1. The van der Waals surface area contributed by atoms with Gasteiger partial charge in [-0.1, -0.05) is 6.58 Å². The highest BCUT2D eigenvalue weighted by Gasteiger charge is 2.07. The number of carbonyl (C=O) groups is 3. The highest BCUT2D eigenvalue weighted by atomic mass is 16.6. The van der Waals surface area contributed by atoms with Gasteiger partial charge in [0.05, 0.1) is 13.0 Å². The van der Waals surface area contributed by atoms with Crippen LogP contribution in [0.3, 0.4) is 0 Å². The quantitative estimate of drug-likeness (QED) is 0.268. The lowest BCUT2D eigenvalue weighted by atomic mass is 10.4. The van der Waals surface area contributed by atoms with Crippen LogP contribution >= 0.6 is 0 Å². The van der Waals surface area contributed by atoms with Gasteiger partial charge in [0, 0.05) is 12.1 Å². The number of alkyl carbamates (subject to hydrolysis) is 1. The number of rotatable bonds is 10. The Kier molecular flexibility index (Phi) is 10.5. The van der Waals surface area contributed by atoms with Gasteiger partial charge in [0.15, 0.2) is 0 Å². The standard InChI is InChI=1S/C14H24N2O6/c1-11(2)13(18)21-9-6-15-14(19)22-8-5-12(17)20-10-7-16(3)4/h1,5-10H2,2-4H3,(H,15,19). The molecule has 1 amide bonds. The van der Waals surface area contributed by atoms with Gasteiger partial charge in [-0.05, 0) is 21.0 Å². The van der Waals surface area contributed by atoms with Crippen LogP contribution in [0.4, 0.5) is 4.79 Å². The average molecular weight is 316 g/mol. The minimum atomic E-state index is -0.688. The van der Waals surface area contributed by atoms with E-state index in [1.807, 2.05) is 19.0 Å². The van der Waals surface area contributed by atoms with Crippen molar-refractivity contribution in [1.29, 1.82) is 0 Å². The van der Waals surface area contributed by atoms with Gasteiger partial charge >= 0.3 is 18.0 Å². The van der Waals surface area contributed by atoms with Crippen LogP contribution in [0.1, 0.15) is 13.3 Å². The second-order valence-electron chi connectivity index (χ2n) is 4.75. The zero-order valence-corrected chi connectivity index (χ0v) is 13.3. The fourth-order valence-electron chi connectivity index (χ4n) is 1.11. The van der Waals surface area contributed by atoms with Crippen molar-refractivity contribution in [2.24, 2.45) is 0 Å². The van der Waals surface area contributed by atoms with Crippen molar-refractivity contribution in [3.8, 4) is 0 Å². The van der Waals surface area contributed by atoms with E-state index in [2.05, 4.69) is 11.9 Å². The molecule has 0 fully saturated rings. The zero-order chi connectivity index (χ0) is 17.0. The predicted molar refractivity (Wildman–Crippen MR) is 79.3 cm³/mol. The molecule has 0 aromatic heterocycles. The van der Waals surface area contributed by atoms with Crippen LogP contribution in [0.25, 0.3) is 0 Å². The van der Waals surface area contributed by atoms with Crippen molar-refractivity contribution in [3.63, 3.8) is 0 Å². The molecule has 0 radical (unpaired) electrons. The molecule has 0 heterocycles. The summed E-state index contributed by atoms with van der Waals surface area (Å²) in [4.78, 5) is 35.5. The number of ether oxygens (including phenoxy) is 3. The van der Waals surface area contributed by atoms with Crippen LogP contribution in [-0.2, 0) is 23.8 Å². The first kappa shape index (κ1) is 19.9. The maximum atomic E-state index is 11.3. The molecular weight excluding hydrogens is 292 g/mol. The molecule has 0 aliphatic heterocycles. The van der Waals surface area contributed by atoms with Gasteiger partial charge in [-0.25, -0.2) is 9.59 Å². The molecule has 0 bridgehead atoms. The zero-order valence-electron chi connectivity index (χ0n) is 13.3. The second kappa shape index (κ2) is 11.6. The highest BCUT2D eigenvalue weighted by Crippen LogP contribution is 1.92. The number of hydrogen-bond donors (Lipinski definition) is 1. The van der Waals surface area contributed by atoms with Crippen molar-refractivity contribution in [1.82, 2.24) is 10.2 Å². The van der Waals surface area contributed by atoms with Crippen molar-refractivity contribution in [3.05, 3.63) is 12.2 Å². The number of likely N-dealkylation sites (N-methyl/N-ethyl adjacent to an activating group) is 1. The van der Waals surface area contributed by atoms with Gasteiger partial charge in [-0.3, -0.25) is 4.79 Å². The Bertz CT molecular complexity index is 395. The maximum absolute atomic E-state index is 11.3. The summed E-state index contributed by atoms with van der Waals surface area (Å²) in [5, 5.41) is 2.38. The van der Waals surface area contributed by atoms with Crippen molar-refractivity contribution < 1.29 is 28.6 Å². The lowest BCUT2D eigenvalue weighted by molar-refractivity contribution is -0.144. The van der Waals surface area contributed by atoms with E-state index in [-0.39, 0.29) is 31.8 Å². The van der Waals surface area contributed by atoms with E-state index in [9.17, 15) is 14.4 Å². The molecule has 0 rings (SSSR count). The smallest absolute Gasteiger partial charge is 0.407 e. The normalized spacial score (nSPS) is 10.0. The van der Waals surface area contributed by atoms with Gasteiger partial charge < -0.3 is 24.4 Å². The first-order valence-electron chi connectivity index (χ1n) is 6.86. The molecule has 126 valence electrons. The van der Waals surface area contributed by atoms with E-state index in [4.69, 9.17) is 14.2 Å². The number of nitrogens with zero attached hydrogens (tertiary/aromatic N) is 1. The van der Waals surface area contributed by atoms with Crippen LogP contribution in [-0.4, -0.2) is 69.9 Å². The number of hydrogen-bond acceptors (Lipinski definition) is 7. The topological polar surface area (TPSA) is 94.2 Å². The van der Waals surface area contributed by atoms with Crippen LogP contribution in [0, 0.1) is 0 Å². The lowest BCUT2D eigenvalue weighted by Gasteiger charge is -2.10. The monoisotopic (exact) mass is 316 g/mol. The molecule has 0 unspecified atom stereocenters. The minimum absolute atomic E-state index is 0.00844. The molecule has 0 aliphatic rings. The maximum Gasteiger partial charge on any atom is 0.407 e. The summed E-state index contributed by atoms with van der Waals surface area (Å²) in [6.07, 6.45) is -0.696.